The molecule has 0 saturated heterocycles. The maximum Gasteiger partial charge on any atom is 0.342 e. The molecule has 1 N–H and O–H groups in total. The summed E-state index contributed by atoms with van der Waals surface area (Å²) in [6.45, 7) is 5.40. The Labute approximate surface area is 111 Å². The molecule has 2 aromatic heterocycles. The van der Waals surface area contributed by atoms with Gasteiger partial charge < -0.3 is 4.74 Å². The molecule has 0 spiro atoms. The van der Waals surface area contributed by atoms with Gasteiger partial charge in [-0.3, -0.25) is 4.98 Å². The minimum Gasteiger partial charge on any atom is -0.462 e. The quantitative estimate of drug-likeness (QED) is 0.854. The zero-order chi connectivity index (χ0) is 13.4. The zero-order valence-electron chi connectivity index (χ0n) is 10.2. The highest BCUT2D eigenvalue weighted by atomic mass is 79.9. The standard InChI is InChI=1S/C11H12BrN3O3/c1-4-18-10(16)7-5(2)8(12)15-9(7)13-6(3)14-11(15)17/h4H2,1-3H3,(H,13,14,17). The summed E-state index contributed by atoms with van der Waals surface area (Å²) in [6, 6.07) is 0. The van der Waals surface area contributed by atoms with E-state index >= 15 is 0 Å². The van der Waals surface area contributed by atoms with Gasteiger partial charge in [0.1, 0.15) is 11.4 Å². The van der Waals surface area contributed by atoms with Crippen LogP contribution in [0.4, 0.5) is 0 Å². The van der Waals surface area contributed by atoms with Gasteiger partial charge in [0.15, 0.2) is 5.65 Å². The molecule has 0 aromatic carbocycles. The van der Waals surface area contributed by atoms with Crippen LogP contribution in [0.1, 0.15) is 28.7 Å². The Morgan fingerprint density at radius 2 is 2.17 bits per heavy atom. The monoisotopic (exact) mass is 313 g/mol. The lowest BCUT2D eigenvalue weighted by Gasteiger charge is -2.01. The average Bonchev–Trinajstić information content (AvgIpc) is 2.51. The molecule has 0 amide bonds. The number of esters is 1. The highest BCUT2D eigenvalue weighted by Gasteiger charge is 2.23. The second-order valence-electron chi connectivity index (χ2n) is 3.80. The number of carbonyl (C=O) groups excluding carboxylic acids is 1. The number of aromatic amines is 1. The van der Waals surface area contributed by atoms with Crippen molar-refractivity contribution in [3.63, 3.8) is 0 Å². The number of nitrogens with one attached hydrogen (secondary N) is 1. The van der Waals surface area contributed by atoms with E-state index in [0.717, 1.165) is 0 Å². The van der Waals surface area contributed by atoms with Crippen LogP contribution in [0, 0.1) is 13.8 Å². The van der Waals surface area contributed by atoms with Crippen LogP contribution >= 0.6 is 15.9 Å². The molecule has 0 aliphatic rings. The van der Waals surface area contributed by atoms with Gasteiger partial charge in [-0.05, 0) is 42.3 Å². The molecule has 0 aliphatic heterocycles. The minimum atomic E-state index is -0.476. The fourth-order valence-corrected chi connectivity index (χ4v) is 2.31. The van der Waals surface area contributed by atoms with E-state index in [1.54, 1.807) is 20.8 Å². The van der Waals surface area contributed by atoms with Crippen LogP contribution in [0.3, 0.4) is 0 Å². The molecule has 0 unspecified atom stereocenters. The number of aryl methyl sites for hydroxylation is 1. The summed E-state index contributed by atoms with van der Waals surface area (Å²) in [5.74, 6) is -0.0289. The minimum absolute atomic E-state index is 0.273. The number of rotatable bonds is 2. The van der Waals surface area contributed by atoms with Crippen molar-refractivity contribution in [3.05, 3.63) is 32.0 Å². The molecular formula is C11H12BrN3O3. The van der Waals surface area contributed by atoms with Crippen molar-refractivity contribution in [1.29, 1.82) is 0 Å². The van der Waals surface area contributed by atoms with Crippen LogP contribution in [0.15, 0.2) is 9.40 Å². The lowest BCUT2D eigenvalue weighted by Crippen LogP contribution is -2.19. The lowest BCUT2D eigenvalue weighted by atomic mass is 10.2. The first-order valence-electron chi connectivity index (χ1n) is 5.42. The number of carbonyl (C=O) groups is 1. The van der Waals surface area contributed by atoms with Gasteiger partial charge in [-0.25, -0.2) is 19.0 Å². The molecule has 0 radical (unpaired) electrons. The number of fused-ring (bicyclic) bond motifs is 1. The Balaban J connectivity index is 2.85. The van der Waals surface area contributed by atoms with Gasteiger partial charge in [-0.15, -0.1) is 0 Å². The average molecular weight is 314 g/mol. The van der Waals surface area contributed by atoms with Crippen molar-refractivity contribution < 1.29 is 9.53 Å². The number of hydrogen-bond donors (Lipinski definition) is 1. The van der Waals surface area contributed by atoms with Crippen molar-refractivity contribution in [2.24, 2.45) is 0 Å². The summed E-state index contributed by atoms with van der Waals surface area (Å²) in [4.78, 5) is 30.5. The first-order chi connectivity index (χ1) is 8.47. The van der Waals surface area contributed by atoms with E-state index in [1.807, 2.05) is 0 Å². The summed E-state index contributed by atoms with van der Waals surface area (Å²) >= 11 is 3.29. The van der Waals surface area contributed by atoms with Crippen molar-refractivity contribution >= 4 is 27.5 Å². The third-order valence-corrected chi connectivity index (χ3v) is 3.51. The van der Waals surface area contributed by atoms with Gasteiger partial charge in [0, 0.05) is 0 Å². The molecule has 96 valence electrons. The Kier molecular flexibility index (Phi) is 3.25. The van der Waals surface area contributed by atoms with Crippen molar-refractivity contribution in [1.82, 2.24) is 14.4 Å². The summed E-state index contributed by atoms with van der Waals surface area (Å²) in [7, 11) is 0. The molecule has 2 rings (SSSR count). The second-order valence-corrected chi connectivity index (χ2v) is 4.55. The molecular weight excluding hydrogens is 302 g/mol. The largest absolute Gasteiger partial charge is 0.462 e. The molecule has 0 saturated carbocycles. The highest BCUT2D eigenvalue weighted by molar-refractivity contribution is 9.10. The number of H-pyrrole nitrogens is 1. The number of halogens is 1. The van der Waals surface area contributed by atoms with E-state index in [-0.39, 0.29) is 12.3 Å². The third-order valence-electron chi connectivity index (χ3n) is 2.56. The van der Waals surface area contributed by atoms with Gasteiger partial charge in [0.05, 0.1) is 11.2 Å². The molecule has 2 heterocycles. The molecule has 0 atom stereocenters. The SMILES string of the molecule is CCOC(=O)c1c(C)c(Br)n2c(=O)[nH]c(C)nc12. The summed E-state index contributed by atoms with van der Waals surface area (Å²) < 4.78 is 6.81. The highest BCUT2D eigenvalue weighted by Crippen LogP contribution is 2.25. The predicted molar refractivity (Wildman–Crippen MR) is 68.9 cm³/mol. The molecule has 18 heavy (non-hydrogen) atoms. The van der Waals surface area contributed by atoms with E-state index in [1.165, 1.54) is 4.40 Å². The summed E-state index contributed by atoms with van der Waals surface area (Å²) in [5, 5.41) is 0. The number of ether oxygens (including phenoxy) is 1. The molecule has 7 heteroatoms. The van der Waals surface area contributed by atoms with Crippen LogP contribution in [0.2, 0.25) is 0 Å². The Morgan fingerprint density at radius 1 is 1.50 bits per heavy atom. The van der Waals surface area contributed by atoms with Gasteiger partial charge in [0.25, 0.3) is 0 Å². The van der Waals surface area contributed by atoms with Crippen LogP contribution in [0.25, 0.3) is 5.65 Å². The maximum atomic E-state index is 11.9. The van der Waals surface area contributed by atoms with E-state index in [2.05, 4.69) is 25.9 Å². The van der Waals surface area contributed by atoms with Gasteiger partial charge in [0.2, 0.25) is 0 Å². The second kappa shape index (κ2) is 4.56. The van der Waals surface area contributed by atoms with Crippen LogP contribution in [-0.4, -0.2) is 26.9 Å². The van der Waals surface area contributed by atoms with Crippen molar-refractivity contribution in [2.75, 3.05) is 6.61 Å². The van der Waals surface area contributed by atoms with Crippen molar-refractivity contribution in [3.8, 4) is 0 Å². The topological polar surface area (TPSA) is 76.5 Å². The van der Waals surface area contributed by atoms with Crippen LogP contribution < -0.4 is 5.69 Å². The van der Waals surface area contributed by atoms with Crippen LogP contribution in [-0.2, 0) is 4.74 Å². The predicted octanol–water partition coefficient (Wildman–Crippen LogP) is 1.58. The van der Waals surface area contributed by atoms with Crippen molar-refractivity contribution in [2.45, 2.75) is 20.8 Å². The van der Waals surface area contributed by atoms with E-state index < -0.39 is 5.97 Å². The number of aromatic nitrogens is 3. The summed E-state index contributed by atoms with van der Waals surface area (Å²) in [6.07, 6.45) is 0. The Morgan fingerprint density at radius 3 is 2.78 bits per heavy atom. The smallest absolute Gasteiger partial charge is 0.342 e. The Bertz CT molecular complexity index is 687. The van der Waals surface area contributed by atoms with Gasteiger partial charge in [-0.2, -0.15) is 0 Å². The number of nitrogens with zero attached hydrogens (tertiary/aromatic N) is 2. The fourth-order valence-electron chi connectivity index (χ4n) is 1.78. The number of hydrogen-bond acceptors (Lipinski definition) is 4. The molecule has 2 aromatic rings. The molecule has 0 aliphatic carbocycles. The molecule has 6 nitrogen and oxygen atoms in total. The normalized spacial score (nSPS) is 10.9. The van der Waals surface area contributed by atoms with E-state index in [0.29, 0.717) is 27.2 Å². The van der Waals surface area contributed by atoms with Gasteiger partial charge in [-0.1, -0.05) is 0 Å². The summed E-state index contributed by atoms with van der Waals surface area (Å²) in [5.41, 5.74) is 0.914. The van der Waals surface area contributed by atoms with E-state index in [4.69, 9.17) is 4.74 Å². The zero-order valence-corrected chi connectivity index (χ0v) is 11.8. The fraction of sp³-hybridized carbons (Fsp3) is 0.364. The Hall–Kier alpha value is -1.63. The molecule has 0 bridgehead atoms. The first kappa shape index (κ1) is 12.8. The first-order valence-corrected chi connectivity index (χ1v) is 6.21. The molecule has 0 fully saturated rings. The third kappa shape index (κ3) is 1.84. The van der Waals surface area contributed by atoms with Gasteiger partial charge >= 0.3 is 11.7 Å². The lowest BCUT2D eigenvalue weighted by molar-refractivity contribution is 0.0528. The maximum absolute atomic E-state index is 11.9. The van der Waals surface area contributed by atoms with Crippen LogP contribution in [0.5, 0.6) is 0 Å². The van der Waals surface area contributed by atoms with E-state index in [9.17, 15) is 9.59 Å².